The van der Waals surface area contributed by atoms with Crippen LogP contribution in [0.25, 0.3) is 0 Å². The molecule has 0 radical (unpaired) electrons. The molecule has 0 saturated carbocycles. The minimum atomic E-state index is -0.356. The number of carbonyl (C=O) groups is 2. The van der Waals surface area contributed by atoms with Crippen LogP contribution in [-0.2, 0) is 11.3 Å². The number of pyridine rings is 1. The van der Waals surface area contributed by atoms with E-state index in [1.807, 2.05) is 12.1 Å². The summed E-state index contributed by atoms with van der Waals surface area (Å²) in [7, 11) is 0. The molecule has 0 aliphatic carbocycles. The van der Waals surface area contributed by atoms with Gasteiger partial charge in [-0.2, -0.15) is 0 Å². The van der Waals surface area contributed by atoms with Crippen LogP contribution in [0.4, 0.5) is 4.39 Å². The molecule has 0 bridgehead atoms. The Morgan fingerprint density at radius 2 is 2.00 bits per heavy atom. The highest BCUT2D eigenvalue weighted by atomic mass is 19.1. The molecule has 3 rings (SSSR count). The molecule has 2 aromatic rings. The first-order valence-corrected chi connectivity index (χ1v) is 8.30. The molecule has 2 amide bonds. The zero-order valence-electron chi connectivity index (χ0n) is 14.0. The Morgan fingerprint density at radius 3 is 2.64 bits per heavy atom. The van der Waals surface area contributed by atoms with Crippen LogP contribution in [0.2, 0.25) is 0 Å². The zero-order valence-corrected chi connectivity index (χ0v) is 14.0. The van der Waals surface area contributed by atoms with Gasteiger partial charge in [0.2, 0.25) is 5.91 Å². The number of nitrogens with one attached hydrogen (secondary N) is 1. The molecular weight excluding hydrogens is 321 g/mol. The number of likely N-dealkylation sites (tertiary alicyclic amines) is 1. The number of amides is 2. The second-order valence-electron chi connectivity index (χ2n) is 6.16. The Kier molecular flexibility index (Phi) is 5.07. The minimum Gasteiger partial charge on any atom is -0.352 e. The maximum absolute atomic E-state index is 13.1. The lowest BCUT2D eigenvalue weighted by Gasteiger charge is -2.24. The third-order valence-corrected chi connectivity index (χ3v) is 4.34. The fraction of sp³-hybridized carbons (Fsp3) is 0.316. The first kappa shape index (κ1) is 17.1. The number of rotatable bonds is 4. The lowest BCUT2D eigenvalue weighted by atomic mass is 10.1. The predicted octanol–water partition coefficient (Wildman–Crippen LogP) is 2.83. The van der Waals surface area contributed by atoms with Crippen LogP contribution in [-0.4, -0.2) is 28.2 Å². The van der Waals surface area contributed by atoms with Crippen LogP contribution in [0, 0.1) is 5.82 Å². The van der Waals surface area contributed by atoms with E-state index in [1.165, 1.54) is 31.2 Å². The van der Waals surface area contributed by atoms with Gasteiger partial charge in [-0.05, 0) is 48.7 Å². The Balaban J connectivity index is 1.73. The van der Waals surface area contributed by atoms with Crippen molar-refractivity contribution in [3.63, 3.8) is 0 Å². The Bertz CT molecular complexity index is 759. The van der Waals surface area contributed by atoms with Crippen molar-refractivity contribution in [2.45, 2.75) is 32.4 Å². The van der Waals surface area contributed by atoms with Gasteiger partial charge in [0.15, 0.2) is 0 Å². The molecule has 1 atom stereocenters. The van der Waals surface area contributed by atoms with Gasteiger partial charge in [-0.15, -0.1) is 0 Å². The summed E-state index contributed by atoms with van der Waals surface area (Å²) in [5.41, 5.74) is 2.23. The lowest BCUT2D eigenvalue weighted by Crippen LogP contribution is -2.31. The van der Waals surface area contributed by atoms with E-state index in [1.54, 1.807) is 11.1 Å². The molecule has 25 heavy (non-hydrogen) atoms. The van der Waals surface area contributed by atoms with Crippen molar-refractivity contribution >= 4 is 11.8 Å². The van der Waals surface area contributed by atoms with Crippen LogP contribution in [0.5, 0.6) is 0 Å². The normalized spacial score (nSPS) is 16.7. The third kappa shape index (κ3) is 4.02. The molecule has 130 valence electrons. The molecule has 0 unspecified atom stereocenters. The van der Waals surface area contributed by atoms with Crippen molar-refractivity contribution in [1.82, 2.24) is 15.2 Å². The largest absolute Gasteiger partial charge is 0.352 e. The number of benzene rings is 1. The van der Waals surface area contributed by atoms with Gasteiger partial charge in [0.05, 0.1) is 11.7 Å². The van der Waals surface area contributed by atoms with Gasteiger partial charge in [0, 0.05) is 31.8 Å². The lowest BCUT2D eigenvalue weighted by molar-refractivity contribution is -0.119. The fourth-order valence-corrected chi connectivity index (χ4v) is 3.04. The van der Waals surface area contributed by atoms with E-state index >= 15 is 0 Å². The van der Waals surface area contributed by atoms with Gasteiger partial charge in [0.1, 0.15) is 5.82 Å². The van der Waals surface area contributed by atoms with Gasteiger partial charge in [-0.3, -0.25) is 14.6 Å². The molecule has 5 nitrogen and oxygen atoms in total. The molecule has 6 heteroatoms. The molecule has 1 saturated heterocycles. The Labute approximate surface area is 145 Å². The van der Waals surface area contributed by atoms with E-state index in [0.29, 0.717) is 18.7 Å². The smallest absolute Gasteiger partial charge is 0.254 e. The average molecular weight is 341 g/mol. The van der Waals surface area contributed by atoms with E-state index in [2.05, 4.69) is 10.3 Å². The van der Waals surface area contributed by atoms with Crippen LogP contribution in [0.3, 0.4) is 0 Å². The molecule has 2 heterocycles. The summed E-state index contributed by atoms with van der Waals surface area (Å²) in [5.74, 6) is -0.548. The van der Waals surface area contributed by atoms with Crippen LogP contribution in [0.1, 0.15) is 47.4 Å². The van der Waals surface area contributed by atoms with E-state index in [-0.39, 0.29) is 23.7 Å². The van der Waals surface area contributed by atoms with Crippen LogP contribution in [0.15, 0.2) is 42.6 Å². The second kappa shape index (κ2) is 7.42. The van der Waals surface area contributed by atoms with Gasteiger partial charge in [-0.1, -0.05) is 6.07 Å². The SMILES string of the molecule is CC(=O)NCc1ccc([C@H]2CCCN2C(=O)c2ccc(F)cc2)nc1. The Hall–Kier alpha value is -2.76. The third-order valence-electron chi connectivity index (χ3n) is 4.34. The van der Waals surface area contributed by atoms with E-state index in [4.69, 9.17) is 0 Å². The van der Waals surface area contributed by atoms with E-state index in [0.717, 1.165) is 24.1 Å². The number of aromatic nitrogens is 1. The molecule has 1 aromatic heterocycles. The number of hydrogen-bond acceptors (Lipinski definition) is 3. The minimum absolute atomic E-state index is 0.0765. The molecule has 1 N–H and O–H groups in total. The van der Waals surface area contributed by atoms with Crippen molar-refractivity contribution < 1.29 is 14.0 Å². The Morgan fingerprint density at radius 1 is 1.24 bits per heavy atom. The number of nitrogens with zero attached hydrogens (tertiary/aromatic N) is 2. The number of hydrogen-bond donors (Lipinski definition) is 1. The topological polar surface area (TPSA) is 62.3 Å². The summed E-state index contributed by atoms with van der Waals surface area (Å²) < 4.78 is 13.1. The summed E-state index contributed by atoms with van der Waals surface area (Å²) in [6, 6.07) is 9.36. The number of halogens is 1. The van der Waals surface area contributed by atoms with E-state index in [9.17, 15) is 14.0 Å². The summed E-state index contributed by atoms with van der Waals surface area (Å²) in [6.07, 6.45) is 3.49. The summed E-state index contributed by atoms with van der Waals surface area (Å²) in [4.78, 5) is 30.0. The van der Waals surface area contributed by atoms with Gasteiger partial charge >= 0.3 is 0 Å². The van der Waals surface area contributed by atoms with Gasteiger partial charge < -0.3 is 10.2 Å². The van der Waals surface area contributed by atoms with Crippen molar-refractivity contribution in [2.24, 2.45) is 0 Å². The second-order valence-corrected chi connectivity index (χ2v) is 6.16. The monoisotopic (exact) mass is 341 g/mol. The molecular formula is C19H20FN3O2. The average Bonchev–Trinajstić information content (AvgIpc) is 3.10. The highest BCUT2D eigenvalue weighted by molar-refractivity contribution is 5.94. The maximum atomic E-state index is 13.1. The quantitative estimate of drug-likeness (QED) is 0.930. The molecule has 1 fully saturated rings. The van der Waals surface area contributed by atoms with Gasteiger partial charge in [0.25, 0.3) is 5.91 Å². The molecule has 1 aliphatic rings. The van der Waals surface area contributed by atoms with Crippen LogP contribution >= 0.6 is 0 Å². The standard InChI is InChI=1S/C19H20FN3O2/c1-13(24)21-11-14-4-9-17(22-12-14)18-3-2-10-23(18)19(25)15-5-7-16(20)8-6-15/h4-9,12,18H,2-3,10-11H2,1H3,(H,21,24)/t18-/m1/s1. The zero-order chi connectivity index (χ0) is 17.8. The first-order valence-electron chi connectivity index (χ1n) is 8.30. The van der Waals surface area contributed by atoms with Crippen LogP contribution < -0.4 is 5.32 Å². The summed E-state index contributed by atoms with van der Waals surface area (Å²) in [5, 5.41) is 2.73. The first-order chi connectivity index (χ1) is 12.0. The molecule has 1 aromatic carbocycles. The summed E-state index contributed by atoms with van der Waals surface area (Å²) in [6.45, 7) is 2.57. The van der Waals surface area contributed by atoms with Crippen molar-refractivity contribution in [2.75, 3.05) is 6.54 Å². The van der Waals surface area contributed by atoms with Crippen molar-refractivity contribution in [3.8, 4) is 0 Å². The molecule has 1 aliphatic heterocycles. The molecule has 0 spiro atoms. The van der Waals surface area contributed by atoms with Gasteiger partial charge in [-0.25, -0.2) is 4.39 Å². The number of carbonyl (C=O) groups excluding carboxylic acids is 2. The van der Waals surface area contributed by atoms with Crippen molar-refractivity contribution in [1.29, 1.82) is 0 Å². The predicted molar refractivity (Wildman–Crippen MR) is 91.2 cm³/mol. The highest BCUT2D eigenvalue weighted by Crippen LogP contribution is 2.32. The van der Waals surface area contributed by atoms with Crippen molar-refractivity contribution in [3.05, 3.63) is 65.2 Å². The fourth-order valence-electron chi connectivity index (χ4n) is 3.04. The summed E-state index contributed by atoms with van der Waals surface area (Å²) >= 11 is 0. The van der Waals surface area contributed by atoms with E-state index < -0.39 is 0 Å². The highest BCUT2D eigenvalue weighted by Gasteiger charge is 2.31. The maximum Gasteiger partial charge on any atom is 0.254 e.